The van der Waals surface area contributed by atoms with Crippen LogP contribution in [0.25, 0.3) is 5.69 Å². The summed E-state index contributed by atoms with van der Waals surface area (Å²) in [5.41, 5.74) is 3.01. The van der Waals surface area contributed by atoms with Gasteiger partial charge < -0.3 is 5.32 Å². The van der Waals surface area contributed by atoms with Gasteiger partial charge in [0.15, 0.2) is 0 Å². The highest BCUT2D eigenvalue weighted by atomic mass is 32.2. The Balaban J connectivity index is 1.56. The fourth-order valence-corrected chi connectivity index (χ4v) is 3.75. The lowest BCUT2D eigenvalue weighted by Crippen LogP contribution is -2.34. The van der Waals surface area contributed by atoms with Crippen molar-refractivity contribution in [3.05, 3.63) is 77.6 Å². The molecule has 2 aromatic carbocycles. The number of sulfonamides is 1. The van der Waals surface area contributed by atoms with Crippen LogP contribution in [0, 0.1) is 13.8 Å². The second-order valence-electron chi connectivity index (χ2n) is 6.36. The minimum Gasteiger partial charge on any atom is -0.351 e. The van der Waals surface area contributed by atoms with Crippen LogP contribution in [0.1, 0.15) is 21.6 Å². The van der Waals surface area contributed by atoms with Crippen LogP contribution in [0.4, 0.5) is 0 Å². The maximum atomic E-state index is 12.4. The molecule has 0 saturated heterocycles. The highest BCUT2D eigenvalue weighted by molar-refractivity contribution is 7.89. The van der Waals surface area contributed by atoms with E-state index in [0.717, 1.165) is 11.3 Å². The number of carbonyl (C=O) groups is 1. The molecule has 7 nitrogen and oxygen atoms in total. The van der Waals surface area contributed by atoms with Gasteiger partial charge >= 0.3 is 0 Å². The molecule has 146 valence electrons. The van der Waals surface area contributed by atoms with Gasteiger partial charge in [0.1, 0.15) is 0 Å². The SMILES string of the molecule is Cc1ccc(S(=O)(=O)NCCNC(=O)c2cnn(-c3ccccc3)c2C)cc1. The molecule has 0 aliphatic carbocycles. The topological polar surface area (TPSA) is 93.1 Å². The van der Waals surface area contributed by atoms with Crippen molar-refractivity contribution in [2.24, 2.45) is 0 Å². The third kappa shape index (κ3) is 4.47. The first-order valence-electron chi connectivity index (χ1n) is 8.83. The maximum Gasteiger partial charge on any atom is 0.254 e. The standard InChI is InChI=1S/C20H22N4O3S/c1-15-8-10-18(11-9-15)28(26,27)23-13-12-21-20(25)19-14-22-24(16(19)2)17-6-4-3-5-7-17/h3-11,14,23H,12-13H2,1-2H3,(H,21,25). The Bertz CT molecular complexity index is 1060. The average molecular weight is 398 g/mol. The van der Waals surface area contributed by atoms with Crippen molar-refractivity contribution in [2.45, 2.75) is 18.7 Å². The molecule has 0 fully saturated rings. The summed E-state index contributed by atoms with van der Waals surface area (Å²) < 4.78 is 28.6. The largest absolute Gasteiger partial charge is 0.351 e. The first kappa shape index (κ1) is 19.8. The van der Waals surface area contributed by atoms with Crippen LogP contribution in [0.15, 0.2) is 65.7 Å². The van der Waals surface area contributed by atoms with Crippen molar-refractivity contribution in [2.75, 3.05) is 13.1 Å². The van der Waals surface area contributed by atoms with Gasteiger partial charge in [0.2, 0.25) is 10.0 Å². The van der Waals surface area contributed by atoms with Gasteiger partial charge in [0.05, 0.1) is 28.0 Å². The van der Waals surface area contributed by atoms with Gasteiger partial charge in [0.25, 0.3) is 5.91 Å². The average Bonchev–Trinajstić information content (AvgIpc) is 3.07. The molecule has 0 atom stereocenters. The third-order valence-corrected chi connectivity index (χ3v) is 5.77. The number of hydrogen-bond donors (Lipinski definition) is 2. The first-order valence-corrected chi connectivity index (χ1v) is 10.3. The summed E-state index contributed by atoms with van der Waals surface area (Å²) in [5.74, 6) is -0.297. The third-order valence-electron chi connectivity index (χ3n) is 4.29. The summed E-state index contributed by atoms with van der Waals surface area (Å²) in [6.45, 7) is 3.96. The lowest BCUT2D eigenvalue weighted by atomic mass is 10.2. The van der Waals surface area contributed by atoms with Crippen molar-refractivity contribution in [1.29, 1.82) is 0 Å². The monoisotopic (exact) mass is 398 g/mol. The lowest BCUT2D eigenvalue weighted by Gasteiger charge is -2.09. The van der Waals surface area contributed by atoms with Gasteiger partial charge in [0, 0.05) is 13.1 Å². The predicted octanol–water partition coefficient (Wildman–Crippen LogP) is 2.20. The second-order valence-corrected chi connectivity index (χ2v) is 8.12. The number of rotatable bonds is 7. The molecular formula is C20H22N4O3S. The molecule has 0 radical (unpaired) electrons. The Morgan fingerprint density at radius 1 is 1.00 bits per heavy atom. The zero-order valence-electron chi connectivity index (χ0n) is 15.7. The molecule has 0 aliphatic heterocycles. The fraction of sp³-hybridized carbons (Fsp3) is 0.200. The molecule has 3 aromatic rings. The maximum absolute atomic E-state index is 12.4. The summed E-state index contributed by atoms with van der Waals surface area (Å²) in [6, 6.07) is 16.1. The normalized spacial score (nSPS) is 11.4. The second kappa shape index (κ2) is 8.37. The van der Waals surface area contributed by atoms with Crippen LogP contribution in [-0.2, 0) is 10.0 Å². The number of aryl methyl sites for hydroxylation is 1. The van der Waals surface area contributed by atoms with Gasteiger partial charge in [-0.15, -0.1) is 0 Å². The number of para-hydroxylation sites is 1. The highest BCUT2D eigenvalue weighted by Gasteiger charge is 2.16. The molecule has 1 aromatic heterocycles. The van der Waals surface area contributed by atoms with E-state index >= 15 is 0 Å². The molecular weight excluding hydrogens is 376 g/mol. The smallest absolute Gasteiger partial charge is 0.254 e. The zero-order valence-corrected chi connectivity index (χ0v) is 16.5. The van der Waals surface area contributed by atoms with Crippen molar-refractivity contribution in [1.82, 2.24) is 19.8 Å². The number of carbonyl (C=O) groups excluding carboxylic acids is 1. The Hall–Kier alpha value is -2.97. The van der Waals surface area contributed by atoms with E-state index in [4.69, 9.17) is 0 Å². The van der Waals surface area contributed by atoms with Gasteiger partial charge in [-0.1, -0.05) is 35.9 Å². The lowest BCUT2D eigenvalue weighted by molar-refractivity contribution is 0.0953. The predicted molar refractivity (Wildman–Crippen MR) is 107 cm³/mol. The Labute approximate surface area is 164 Å². The highest BCUT2D eigenvalue weighted by Crippen LogP contribution is 2.13. The van der Waals surface area contributed by atoms with Crippen LogP contribution in [0.5, 0.6) is 0 Å². The number of hydrogen-bond acceptors (Lipinski definition) is 4. The Morgan fingerprint density at radius 2 is 1.68 bits per heavy atom. The molecule has 8 heteroatoms. The molecule has 0 spiro atoms. The molecule has 0 saturated carbocycles. The van der Waals surface area contributed by atoms with Crippen LogP contribution in [-0.4, -0.2) is 37.2 Å². The molecule has 2 N–H and O–H groups in total. The van der Waals surface area contributed by atoms with E-state index in [1.165, 1.54) is 6.20 Å². The minimum atomic E-state index is -3.60. The van der Waals surface area contributed by atoms with E-state index in [1.54, 1.807) is 28.9 Å². The number of nitrogens with one attached hydrogen (secondary N) is 2. The summed E-state index contributed by atoms with van der Waals surface area (Å²) in [7, 11) is -3.60. The van der Waals surface area contributed by atoms with Crippen molar-refractivity contribution >= 4 is 15.9 Å². The van der Waals surface area contributed by atoms with E-state index in [-0.39, 0.29) is 23.9 Å². The quantitative estimate of drug-likeness (QED) is 0.597. The molecule has 0 unspecified atom stereocenters. The molecule has 1 heterocycles. The van der Waals surface area contributed by atoms with E-state index in [0.29, 0.717) is 11.3 Å². The van der Waals surface area contributed by atoms with Crippen LogP contribution < -0.4 is 10.0 Å². The molecule has 0 aliphatic rings. The molecule has 1 amide bonds. The van der Waals surface area contributed by atoms with E-state index in [9.17, 15) is 13.2 Å². The number of aromatic nitrogens is 2. The molecule has 3 rings (SSSR count). The van der Waals surface area contributed by atoms with Crippen LogP contribution >= 0.6 is 0 Å². The Morgan fingerprint density at radius 3 is 2.36 bits per heavy atom. The molecule has 0 bridgehead atoms. The first-order chi connectivity index (χ1) is 13.4. The number of amides is 1. The van der Waals surface area contributed by atoms with Gasteiger partial charge in [-0.25, -0.2) is 17.8 Å². The van der Waals surface area contributed by atoms with Gasteiger partial charge in [-0.2, -0.15) is 5.10 Å². The zero-order chi connectivity index (χ0) is 20.1. The number of nitrogens with zero attached hydrogens (tertiary/aromatic N) is 2. The Kier molecular flexibility index (Phi) is 5.91. The van der Waals surface area contributed by atoms with Crippen LogP contribution in [0.3, 0.4) is 0 Å². The summed E-state index contributed by atoms with van der Waals surface area (Å²) in [4.78, 5) is 12.6. The molecule has 28 heavy (non-hydrogen) atoms. The van der Waals surface area contributed by atoms with E-state index < -0.39 is 10.0 Å². The number of benzene rings is 2. The minimum absolute atomic E-state index is 0.0911. The van der Waals surface area contributed by atoms with Crippen molar-refractivity contribution in [3.8, 4) is 5.69 Å². The van der Waals surface area contributed by atoms with Gasteiger partial charge in [-0.05, 0) is 38.1 Å². The van der Waals surface area contributed by atoms with Crippen molar-refractivity contribution < 1.29 is 13.2 Å². The van der Waals surface area contributed by atoms with Crippen molar-refractivity contribution in [3.63, 3.8) is 0 Å². The fourth-order valence-electron chi connectivity index (χ4n) is 2.72. The summed E-state index contributed by atoms with van der Waals surface area (Å²) in [5, 5.41) is 6.98. The summed E-state index contributed by atoms with van der Waals surface area (Å²) in [6.07, 6.45) is 1.51. The van der Waals surface area contributed by atoms with Gasteiger partial charge in [-0.3, -0.25) is 4.79 Å². The van der Waals surface area contributed by atoms with E-state index in [1.807, 2.05) is 44.2 Å². The van der Waals surface area contributed by atoms with E-state index in [2.05, 4.69) is 15.1 Å². The van der Waals surface area contributed by atoms with Crippen LogP contribution in [0.2, 0.25) is 0 Å². The summed E-state index contributed by atoms with van der Waals surface area (Å²) >= 11 is 0.